The second kappa shape index (κ2) is 32.6. The summed E-state index contributed by atoms with van der Waals surface area (Å²) >= 11 is 0. The molecule has 35 atom stereocenters. The van der Waals surface area contributed by atoms with E-state index in [4.69, 9.17) is 80.5 Å². The van der Waals surface area contributed by atoms with Crippen molar-refractivity contribution in [3.63, 3.8) is 0 Å². The van der Waals surface area contributed by atoms with Crippen LogP contribution in [0.5, 0.6) is 0 Å². The van der Waals surface area contributed by atoms with E-state index in [9.17, 15) is 102 Å². The van der Waals surface area contributed by atoms with Gasteiger partial charge in [-0.25, -0.2) is 0 Å². The smallest absolute Gasteiger partial charge is 0.187 e. The summed E-state index contributed by atoms with van der Waals surface area (Å²) in [5.74, 6) is 0. The standard InChI is InChI=1S/C49H85NO37/c1-71-4-5-73-7-6-72-3-2-50-8-15-36-22(57)29(64)43(74-15)82-37-16(9-51)76-45(31(66)24(37)59)84-39-18(11-53)78-47(33(68)26(39)61)86-41-20(13-55)80-49(35(70)28(41)63)87-42-21(14-56)79-48(34(69)27(42)62)85-40-19(12-54)77-46(32(67)25(40)60)83-38-17(10-52)75-44(81-36)30(65)23(38)58/h15-70H,2-14H2,1H3. The van der Waals surface area contributed by atoms with E-state index in [0.29, 0.717) is 13.2 Å². The van der Waals surface area contributed by atoms with E-state index >= 15 is 0 Å². The van der Waals surface area contributed by atoms with Crippen molar-refractivity contribution in [3.05, 3.63) is 0 Å². The Balaban J connectivity index is 1.07. The summed E-state index contributed by atoms with van der Waals surface area (Å²) in [4.78, 5) is 0. The van der Waals surface area contributed by atoms with Gasteiger partial charge in [0.1, 0.15) is 171 Å². The number of rotatable bonds is 17. The molecule has 38 heteroatoms. The van der Waals surface area contributed by atoms with Gasteiger partial charge in [-0.15, -0.1) is 0 Å². The zero-order chi connectivity index (χ0) is 63.1. The minimum absolute atomic E-state index is 0.0809. The number of methoxy groups -OCH3 is 1. The third kappa shape index (κ3) is 15.8. The fourth-order valence-electron chi connectivity index (χ4n) is 11.3. The number of hydrogen-bond acceptors (Lipinski definition) is 38. The van der Waals surface area contributed by atoms with Crippen LogP contribution in [0.1, 0.15) is 0 Å². The molecule has 0 saturated carbocycles. The molecule has 0 aromatic heterocycles. The Labute approximate surface area is 495 Å². The number of ether oxygens (including phenoxy) is 17. The van der Waals surface area contributed by atoms with Crippen LogP contribution in [-0.4, -0.2) is 410 Å². The Morgan fingerprint density at radius 1 is 0.253 bits per heavy atom. The minimum atomic E-state index is -2.21. The third-order valence-corrected chi connectivity index (χ3v) is 16.2. The van der Waals surface area contributed by atoms with Crippen LogP contribution in [0.25, 0.3) is 0 Å². The van der Waals surface area contributed by atoms with Gasteiger partial charge in [-0.3, -0.25) is 0 Å². The molecule has 0 spiro atoms. The average molecular weight is 1280 g/mol. The molecule has 508 valence electrons. The van der Waals surface area contributed by atoms with Gasteiger partial charge < -0.3 is 188 Å². The highest BCUT2D eigenvalue weighted by Gasteiger charge is 2.59. The zero-order valence-corrected chi connectivity index (χ0v) is 46.8. The number of aliphatic hydroxyl groups is 20. The van der Waals surface area contributed by atoms with Crippen molar-refractivity contribution < 1.29 is 183 Å². The molecule has 0 aromatic carbocycles. The van der Waals surface area contributed by atoms with E-state index in [0.717, 1.165) is 0 Å². The molecule has 21 fully saturated rings. The van der Waals surface area contributed by atoms with E-state index < -0.39 is 255 Å². The lowest BCUT2D eigenvalue weighted by Gasteiger charge is -2.50. The highest BCUT2D eigenvalue weighted by atomic mass is 16.8. The van der Waals surface area contributed by atoms with Crippen molar-refractivity contribution in [3.8, 4) is 0 Å². The van der Waals surface area contributed by atoms with E-state index in [1.807, 2.05) is 0 Å². The van der Waals surface area contributed by atoms with Crippen LogP contribution in [0.15, 0.2) is 0 Å². The Bertz CT molecular complexity index is 2000. The molecule has 21 N–H and O–H groups in total. The summed E-state index contributed by atoms with van der Waals surface area (Å²) in [5, 5.41) is 226. The SMILES string of the molecule is COCCOCCOCCNCC1OC2OC3C(CO)OC(OC4C(CO)OC(OC5C(CO)OC(OC6C(CO)OC(OC7C(CO)OC(OC8C(CO)OC(OC1C(O)C2O)C(O)C8O)C(O)C7O)C(O)C6O)C(O)C5O)C(O)C4O)C(O)C3O. The van der Waals surface area contributed by atoms with Crippen LogP contribution in [-0.2, 0) is 80.5 Å². The molecule has 38 nitrogen and oxygen atoms in total. The maximum absolute atomic E-state index is 11.8. The van der Waals surface area contributed by atoms with Crippen LogP contribution in [0, 0.1) is 0 Å². The van der Waals surface area contributed by atoms with Crippen molar-refractivity contribution >= 4 is 0 Å². The largest absolute Gasteiger partial charge is 0.394 e. The fourth-order valence-corrected chi connectivity index (χ4v) is 11.3. The lowest BCUT2D eigenvalue weighted by atomic mass is 9.95. The molecule has 0 aliphatic carbocycles. The molecule has 0 aromatic rings. The van der Waals surface area contributed by atoms with Crippen molar-refractivity contribution in [2.24, 2.45) is 0 Å². The van der Waals surface area contributed by atoms with Gasteiger partial charge in [0.25, 0.3) is 0 Å². The molecule has 0 radical (unpaired) electrons. The van der Waals surface area contributed by atoms with Crippen molar-refractivity contribution in [2.45, 2.75) is 215 Å². The van der Waals surface area contributed by atoms with Crippen LogP contribution in [0.2, 0.25) is 0 Å². The molecule has 87 heavy (non-hydrogen) atoms. The summed E-state index contributed by atoms with van der Waals surface area (Å²) in [6.07, 6.45) is -69.7. The topological polar surface area (TPSA) is 574 Å². The monoisotopic (exact) mass is 1280 g/mol. The van der Waals surface area contributed by atoms with Crippen molar-refractivity contribution in [1.29, 1.82) is 0 Å². The Morgan fingerprint density at radius 3 is 0.667 bits per heavy atom. The van der Waals surface area contributed by atoms with Gasteiger partial charge >= 0.3 is 0 Å². The molecule has 21 rings (SSSR count). The van der Waals surface area contributed by atoms with Gasteiger partial charge in [-0.05, 0) is 0 Å². The second-order valence-electron chi connectivity index (χ2n) is 21.9. The second-order valence-corrected chi connectivity index (χ2v) is 21.9. The lowest BCUT2D eigenvalue weighted by molar-refractivity contribution is -0.396. The first kappa shape index (κ1) is 71.3. The summed E-state index contributed by atoms with van der Waals surface area (Å²) in [5.41, 5.74) is 0. The predicted octanol–water partition coefficient (Wildman–Crippen LogP) is -15.0. The van der Waals surface area contributed by atoms with Crippen LogP contribution in [0.3, 0.4) is 0 Å². The van der Waals surface area contributed by atoms with Gasteiger partial charge in [0.05, 0.1) is 72.7 Å². The Morgan fingerprint density at radius 2 is 0.448 bits per heavy atom. The van der Waals surface area contributed by atoms with Crippen molar-refractivity contribution in [2.75, 3.05) is 92.9 Å². The quantitative estimate of drug-likeness (QED) is 0.0601. The third-order valence-electron chi connectivity index (χ3n) is 16.2. The van der Waals surface area contributed by atoms with Gasteiger partial charge in [-0.2, -0.15) is 0 Å². The van der Waals surface area contributed by atoms with E-state index in [1.165, 1.54) is 7.11 Å². The van der Waals surface area contributed by atoms with Gasteiger partial charge in [0.2, 0.25) is 0 Å². The molecule has 21 heterocycles. The predicted molar refractivity (Wildman–Crippen MR) is 268 cm³/mol. The highest BCUT2D eigenvalue weighted by Crippen LogP contribution is 2.39. The maximum atomic E-state index is 11.8. The molecule has 21 aliphatic heterocycles. The lowest BCUT2D eigenvalue weighted by Crippen LogP contribution is -2.68. The van der Waals surface area contributed by atoms with Crippen LogP contribution in [0.4, 0.5) is 0 Å². The molecule has 35 unspecified atom stereocenters. The highest BCUT2D eigenvalue weighted by molar-refractivity contribution is 5.02. The van der Waals surface area contributed by atoms with Crippen LogP contribution >= 0.6 is 0 Å². The summed E-state index contributed by atoms with van der Waals surface area (Å²) < 4.78 is 97.2. The van der Waals surface area contributed by atoms with Crippen molar-refractivity contribution in [1.82, 2.24) is 5.32 Å². The summed E-state index contributed by atoms with van der Waals surface area (Å²) in [7, 11) is 1.51. The first-order valence-corrected chi connectivity index (χ1v) is 28.4. The number of aliphatic hydroxyl groups excluding tert-OH is 20. The fraction of sp³-hybridized carbons (Fsp3) is 1.00. The first-order valence-electron chi connectivity index (χ1n) is 28.4. The number of hydrogen-bond donors (Lipinski definition) is 21. The molecule has 0 amide bonds. The van der Waals surface area contributed by atoms with Gasteiger partial charge in [0, 0.05) is 20.2 Å². The Kier molecular flexibility index (Phi) is 26.7. The molecule has 21 saturated heterocycles. The minimum Gasteiger partial charge on any atom is -0.394 e. The number of nitrogens with one attached hydrogen (secondary N) is 1. The molecular formula is C49H85NO37. The van der Waals surface area contributed by atoms with E-state index in [2.05, 4.69) is 5.32 Å². The molecule has 21 aliphatic rings. The summed E-state index contributed by atoms with van der Waals surface area (Å²) in [6.45, 7) is -5.29. The first-order chi connectivity index (χ1) is 41.7. The van der Waals surface area contributed by atoms with E-state index in [-0.39, 0.29) is 32.9 Å². The maximum Gasteiger partial charge on any atom is 0.187 e. The van der Waals surface area contributed by atoms with Crippen LogP contribution < -0.4 is 5.32 Å². The van der Waals surface area contributed by atoms with Gasteiger partial charge in [0.15, 0.2) is 44.0 Å². The average Bonchev–Trinajstić information content (AvgIpc) is 2.35. The van der Waals surface area contributed by atoms with Gasteiger partial charge in [-0.1, -0.05) is 0 Å². The molecule has 14 bridgehead atoms. The zero-order valence-electron chi connectivity index (χ0n) is 46.8. The summed E-state index contributed by atoms with van der Waals surface area (Å²) in [6, 6.07) is 0. The Hall–Kier alpha value is -1.52. The molecular weight excluding hydrogens is 1190 g/mol. The normalized spacial score (nSPS) is 50.4. The van der Waals surface area contributed by atoms with E-state index in [1.54, 1.807) is 0 Å².